The van der Waals surface area contributed by atoms with Crippen molar-refractivity contribution in [3.8, 4) is 0 Å². The average Bonchev–Trinajstić information content (AvgIpc) is 2.36. The highest BCUT2D eigenvalue weighted by atomic mass is 35.5. The van der Waals surface area contributed by atoms with Crippen molar-refractivity contribution >= 4 is 12.4 Å². The molecule has 1 aliphatic heterocycles. The van der Waals surface area contributed by atoms with Crippen LogP contribution in [0.25, 0.3) is 0 Å². The van der Waals surface area contributed by atoms with Gasteiger partial charge in [-0.05, 0) is 6.07 Å². The van der Waals surface area contributed by atoms with E-state index in [-0.39, 0.29) is 18.0 Å². The van der Waals surface area contributed by atoms with Crippen LogP contribution in [0.5, 0.6) is 0 Å². The number of nitrogens with one attached hydrogen (secondary N) is 1. The first-order valence-corrected chi connectivity index (χ1v) is 6.33. The van der Waals surface area contributed by atoms with Crippen LogP contribution in [0.15, 0.2) is 18.2 Å². The van der Waals surface area contributed by atoms with Crippen molar-refractivity contribution < 1.29 is 22.0 Å². The lowest BCUT2D eigenvalue weighted by Gasteiger charge is -2.35. The molecule has 0 aliphatic carbocycles. The molecule has 2 nitrogen and oxygen atoms in total. The Balaban J connectivity index is 0.00000220. The zero-order chi connectivity index (χ0) is 14.8. The number of hydrogen-bond donors (Lipinski definition) is 1. The Morgan fingerprint density at radius 1 is 1.14 bits per heavy atom. The van der Waals surface area contributed by atoms with E-state index in [4.69, 9.17) is 0 Å². The molecule has 0 saturated carbocycles. The first-order chi connectivity index (χ1) is 9.37. The molecule has 1 aliphatic rings. The summed E-state index contributed by atoms with van der Waals surface area (Å²) in [6.07, 6.45) is -5.55. The molecule has 8 heteroatoms. The fourth-order valence-electron chi connectivity index (χ4n) is 2.42. The van der Waals surface area contributed by atoms with Crippen molar-refractivity contribution in [2.24, 2.45) is 0 Å². The minimum atomic E-state index is -4.41. The van der Waals surface area contributed by atoms with Gasteiger partial charge in [0.05, 0.1) is 6.42 Å². The Morgan fingerprint density at radius 2 is 1.76 bits per heavy atom. The van der Waals surface area contributed by atoms with Gasteiger partial charge in [-0.2, -0.15) is 13.2 Å². The molecule has 0 aromatic heterocycles. The lowest BCUT2D eigenvalue weighted by atomic mass is 10.00. The molecule has 1 atom stereocenters. The van der Waals surface area contributed by atoms with Gasteiger partial charge in [0, 0.05) is 43.9 Å². The first-order valence-electron chi connectivity index (χ1n) is 6.33. The van der Waals surface area contributed by atoms with Gasteiger partial charge in [0.2, 0.25) is 0 Å². The molecular weight excluding hydrogens is 315 g/mol. The van der Waals surface area contributed by atoms with Crippen molar-refractivity contribution in [2.45, 2.75) is 18.6 Å². The lowest BCUT2D eigenvalue weighted by molar-refractivity contribution is -0.149. The summed E-state index contributed by atoms with van der Waals surface area (Å²) in [4.78, 5) is 1.58. The summed E-state index contributed by atoms with van der Waals surface area (Å²) < 4.78 is 64.8. The molecule has 2 rings (SSSR count). The minimum absolute atomic E-state index is 0. The fraction of sp³-hybridized carbons (Fsp3) is 0.538. The van der Waals surface area contributed by atoms with Crippen LogP contribution in [0.3, 0.4) is 0 Å². The van der Waals surface area contributed by atoms with Crippen LogP contribution >= 0.6 is 12.4 Å². The molecule has 1 aromatic carbocycles. The largest absolute Gasteiger partial charge is 0.390 e. The van der Waals surface area contributed by atoms with E-state index in [1.165, 1.54) is 0 Å². The summed E-state index contributed by atoms with van der Waals surface area (Å²) in [6.45, 7) is 1.91. The Morgan fingerprint density at radius 3 is 2.29 bits per heavy atom. The molecule has 0 unspecified atom stereocenters. The summed E-state index contributed by atoms with van der Waals surface area (Å²) >= 11 is 0. The van der Waals surface area contributed by atoms with Crippen molar-refractivity contribution in [3.63, 3.8) is 0 Å². The molecule has 1 saturated heterocycles. The molecule has 1 aromatic rings. The Bertz CT molecular complexity index is 460. The van der Waals surface area contributed by atoms with Crippen LogP contribution in [0, 0.1) is 11.6 Å². The summed E-state index contributed by atoms with van der Waals surface area (Å²) in [7, 11) is 0. The topological polar surface area (TPSA) is 15.3 Å². The van der Waals surface area contributed by atoms with Gasteiger partial charge in [-0.15, -0.1) is 12.4 Å². The molecule has 120 valence electrons. The van der Waals surface area contributed by atoms with Crippen LogP contribution in [-0.4, -0.2) is 37.3 Å². The van der Waals surface area contributed by atoms with Crippen LogP contribution in [0.1, 0.15) is 18.0 Å². The summed E-state index contributed by atoms with van der Waals surface area (Å²) in [6, 6.07) is 1.60. The van der Waals surface area contributed by atoms with Crippen molar-refractivity contribution in [1.29, 1.82) is 0 Å². The Kier molecular flexibility index (Phi) is 6.37. The van der Waals surface area contributed by atoms with E-state index in [0.29, 0.717) is 32.2 Å². The van der Waals surface area contributed by atoms with E-state index in [1.807, 2.05) is 0 Å². The van der Waals surface area contributed by atoms with Gasteiger partial charge in [0.25, 0.3) is 0 Å². The van der Waals surface area contributed by atoms with Gasteiger partial charge in [-0.25, -0.2) is 8.78 Å². The Labute approximate surface area is 125 Å². The zero-order valence-electron chi connectivity index (χ0n) is 11.1. The van der Waals surface area contributed by atoms with Gasteiger partial charge in [-0.1, -0.05) is 6.07 Å². The smallest absolute Gasteiger partial charge is 0.314 e. The van der Waals surface area contributed by atoms with Crippen LogP contribution in [0.4, 0.5) is 22.0 Å². The summed E-state index contributed by atoms with van der Waals surface area (Å²) in [5, 5.41) is 3.03. The Hall–Kier alpha value is -0.920. The number of halogens is 6. The number of piperazine rings is 1. The number of hydrogen-bond acceptors (Lipinski definition) is 2. The van der Waals surface area contributed by atoms with E-state index < -0.39 is 30.3 Å². The van der Waals surface area contributed by atoms with Crippen LogP contribution in [0.2, 0.25) is 0 Å². The molecule has 0 radical (unpaired) electrons. The molecule has 21 heavy (non-hydrogen) atoms. The highest BCUT2D eigenvalue weighted by Crippen LogP contribution is 2.35. The minimum Gasteiger partial charge on any atom is -0.314 e. The number of nitrogens with zero attached hydrogens (tertiary/aromatic N) is 1. The van der Waals surface area contributed by atoms with Gasteiger partial charge < -0.3 is 5.32 Å². The third-order valence-electron chi connectivity index (χ3n) is 3.34. The molecule has 0 bridgehead atoms. The molecule has 0 spiro atoms. The quantitative estimate of drug-likeness (QED) is 0.856. The van der Waals surface area contributed by atoms with Gasteiger partial charge in [0.1, 0.15) is 11.6 Å². The fourth-order valence-corrected chi connectivity index (χ4v) is 2.42. The SMILES string of the molecule is Cl.Fc1ccc([C@H](CC(F)(F)F)N2CCNCC2)c(F)c1. The highest BCUT2D eigenvalue weighted by Gasteiger charge is 2.37. The normalized spacial score (nSPS) is 18.1. The van der Waals surface area contributed by atoms with Crippen molar-refractivity contribution in [1.82, 2.24) is 10.2 Å². The number of alkyl halides is 3. The lowest BCUT2D eigenvalue weighted by Crippen LogP contribution is -2.46. The van der Waals surface area contributed by atoms with E-state index in [9.17, 15) is 22.0 Å². The van der Waals surface area contributed by atoms with Gasteiger partial charge in [-0.3, -0.25) is 4.90 Å². The molecule has 1 heterocycles. The number of benzene rings is 1. The third-order valence-corrected chi connectivity index (χ3v) is 3.34. The summed E-state index contributed by atoms with van der Waals surface area (Å²) in [5.74, 6) is -1.73. The molecule has 0 amide bonds. The van der Waals surface area contributed by atoms with Gasteiger partial charge >= 0.3 is 6.18 Å². The summed E-state index contributed by atoms with van der Waals surface area (Å²) in [5.41, 5.74) is -0.106. The molecule has 1 N–H and O–H groups in total. The van der Waals surface area contributed by atoms with Crippen LogP contribution in [-0.2, 0) is 0 Å². The number of rotatable bonds is 3. The van der Waals surface area contributed by atoms with Crippen molar-refractivity contribution in [2.75, 3.05) is 26.2 Å². The van der Waals surface area contributed by atoms with Crippen molar-refractivity contribution in [3.05, 3.63) is 35.4 Å². The average molecular weight is 331 g/mol. The van der Waals surface area contributed by atoms with E-state index in [1.54, 1.807) is 4.90 Å². The van der Waals surface area contributed by atoms with E-state index >= 15 is 0 Å². The molecular formula is C13H16ClF5N2. The predicted octanol–water partition coefficient (Wildman–Crippen LogP) is 3.29. The second-order valence-electron chi connectivity index (χ2n) is 4.79. The van der Waals surface area contributed by atoms with E-state index in [0.717, 1.165) is 12.1 Å². The van der Waals surface area contributed by atoms with Gasteiger partial charge in [0.15, 0.2) is 0 Å². The second-order valence-corrected chi connectivity index (χ2v) is 4.79. The second kappa shape index (κ2) is 7.38. The highest BCUT2D eigenvalue weighted by molar-refractivity contribution is 5.85. The van der Waals surface area contributed by atoms with Crippen LogP contribution < -0.4 is 5.32 Å². The standard InChI is InChI=1S/C13H15F5N2.ClH/c14-9-1-2-10(11(15)7-9)12(8-13(16,17)18)20-5-3-19-4-6-20;/h1-2,7,12,19H,3-6,8H2;1H/t12-;/m0./s1. The van der Waals surface area contributed by atoms with E-state index in [2.05, 4.69) is 5.32 Å². The maximum absolute atomic E-state index is 13.8. The third kappa shape index (κ3) is 5.09. The first kappa shape index (κ1) is 18.1. The zero-order valence-corrected chi connectivity index (χ0v) is 11.9. The molecule has 1 fully saturated rings. The monoisotopic (exact) mass is 330 g/mol. The predicted molar refractivity (Wildman–Crippen MR) is 71.5 cm³/mol. The maximum atomic E-state index is 13.8. The maximum Gasteiger partial charge on any atom is 0.390 e.